The molecule has 1 aromatic rings. The molecule has 0 atom stereocenters. The molecular formula is C11H15LiOSi. The zero-order valence-corrected chi connectivity index (χ0v) is 10.4. The fourth-order valence-corrected chi connectivity index (χ4v) is 1.24. The molecule has 3 heteroatoms. The Bertz CT molecular complexity index is 277. The second-order valence-corrected chi connectivity index (χ2v) is 8.32. The molecule has 0 aliphatic rings. The molecule has 0 bridgehead atoms. The largest absolute Gasteiger partial charge is 1.00 e. The van der Waals surface area contributed by atoms with Gasteiger partial charge in [0, 0.05) is 0 Å². The normalized spacial score (nSPS) is 11.1. The van der Waals surface area contributed by atoms with Crippen molar-refractivity contribution in [3.63, 3.8) is 0 Å². The number of rotatable bonds is 3. The Kier molecular flexibility index (Phi) is 5.95. The van der Waals surface area contributed by atoms with Gasteiger partial charge < -0.3 is 4.43 Å². The predicted molar refractivity (Wildman–Crippen MR) is 58.6 cm³/mol. The maximum Gasteiger partial charge on any atom is 1.00 e. The van der Waals surface area contributed by atoms with Gasteiger partial charge in [-0.25, -0.2) is 0 Å². The molecule has 0 radical (unpaired) electrons. The predicted octanol–water partition coefficient (Wildman–Crippen LogP) is 0.316. The third-order valence-corrected chi connectivity index (χ3v) is 2.12. The summed E-state index contributed by atoms with van der Waals surface area (Å²) in [6, 6.07) is 10.1. The number of benzene rings is 1. The van der Waals surface area contributed by atoms with Crippen LogP contribution in [0, 0.1) is 6.26 Å². The Balaban J connectivity index is 0.00000169. The van der Waals surface area contributed by atoms with Crippen molar-refractivity contribution < 1.29 is 23.3 Å². The van der Waals surface area contributed by atoms with E-state index in [1.165, 1.54) is 0 Å². The zero-order chi connectivity index (χ0) is 9.73. The van der Waals surface area contributed by atoms with Crippen LogP contribution in [-0.2, 0) is 4.43 Å². The molecule has 0 fully saturated rings. The molecule has 70 valence electrons. The van der Waals surface area contributed by atoms with E-state index < -0.39 is 8.32 Å². The van der Waals surface area contributed by atoms with Crippen molar-refractivity contribution in [2.24, 2.45) is 0 Å². The van der Waals surface area contributed by atoms with Crippen LogP contribution in [0.5, 0.6) is 0 Å². The van der Waals surface area contributed by atoms with Gasteiger partial charge in [-0.2, -0.15) is 11.6 Å². The van der Waals surface area contributed by atoms with Gasteiger partial charge in [-0.3, -0.25) is 0 Å². The molecule has 0 aromatic heterocycles. The summed E-state index contributed by atoms with van der Waals surface area (Å²) in [7, 11) is -1.45. The first-order valence-electron chi connectivity index (χ1n) is 4.40. The summed E-state index contributed by atoms with van der Waals surface area (Å²) in [5, 5.41) is 0. The Labute approximate surface area is 99.5 Å². The van der Waals surface area contributed by atoms with Gasteiger partial charge in [0.25, 0.3) is 0 Å². The Morgan fingerprint density at radius 1 is 1.14 bits per heavy atom. The Morgan fingerprint density at radius 3 is 2.21 bits per heavy atom. The molecule has 0 heterocycles. The molecule has 0 N–H and O–H groups in total. The SMILES string of the molecule is C[Si](C)(C)O[C-]=Cc1ccccc1.[Li+]. The molecule has 0 amide bonds. The minimum absolute atomic E-state index is 0. The van der Waals surface area contributed by atoms with Crippen molar-refractivity contribution in [1.82, 2.24) is 0 Å². The van der Waals surface area contributed by atoms with E-state index in [1.807, 2.05) is 36.4 Å². The van der Waals surface area contributed by atoms with Crippen molar-refractivity contribution in [3.8, 4) is 0 Å². The van der Waals surface area contributed by atoms with E-state index >= 15 is 0 Å². The van der Waals surface area contributed by atoms with E-state index in [0.717, 1.165) is 5.56 Å². The molecular weight excluding hydrogens is 183 g/mol. The average Bonchev–Trinajstić information content (AvgIpc) is 2.04. The second kappa shape index (κ2) is 6.13. The Hall–Kier alpha value is -0.426. The van der Waals surface area contributed by atoms with Crippen molar-refractivity contribution in [2.45, 2.75) is 19.6 Å². The minimum Gasteiger partial charge on any atom is -0.644 e. The average molecular weight is 198 g/mol. The molecule has 0 unspecified atom stereocenters. The van der Waals surface area contributed by atoms with E-state index in [2.05, 4.69) is 25.9 Å². The second-order valence-electron chi connectivity index (χ2n) is 3.89. The molecule has 14 heavy (non-hydrogen) atoms. The maximum atomic E-state index is 5.47. The van der Waals surface area contributed by atoms with Crippen LogP contribution in [0.1, 0.15) is 5.56 Å². The van der Waals surface area contributed by atoms with Crippen LogP contribution in [0.25, 0.3) is 6.08 Å². The molecule has 0 aliphatic carbocycles. The van der Waals surface area contributed by atoms with E-state index in [-0.39, 0.29) is 18.9 Å². The Morgan fingerprint density at radius 2 is 1.71 bits per heavy atom. The fourth-order valence-electron chi connectivity index (χ4n) is 0.824. The first-order valence-corrected chi connectivity index (χ1v) is 7.80. The van der Waals surface area contributed by atoms with E-state index in [4.69, 9.17) is 4.43 Å². The van der Waals surface area contributed by atoms with Gasteiger partial charge in [0.1, 0.15) is 0 Å². The molecule has 0 saturated heterocycles. The summed E-state index contributed by atoms with van der Waals surface area (Å²) in [5.41, 5.74) is 1.13. The van der Waals surface area contributed by atoms with Gasteiger partial charge in [0.2, 0.25) is 8.32 Å². The van der Waals surface area contributed by atoms with E-state index in [9.17, 15) is 0 Å². The molecule has 0 spiro atoms. The van der Waals surface area contributed by atoms with Crippen LogP contribution in [0.3, 0.4) is 0 Å². The molecule has 1 aromatic carbocycles. The van der Waals surface area contributed by atoms with E-state index in [0.29, 0.717) is 0 Å². The van der Waals surface area contributed by atoms with Crippen LogP contribution >= 0.6 is 0 Å². The van der Waals surface area contributed by atoms with Gasteiger partial charge in [0.05, 0.1) is 0 Å². The quantitative estimate of drug-likeness (QED) is 0.386. The van der Waals surface area contributed by atoms with Gasteiger partial charge in [-0.05, 0) is 19.6 Å². The van der Waals surface area contributed by atoms with Crippen molar-refractivity contribution in [3.05, 3.63) is 42.2 Å². The van der Waals surface area contributed by atoms with E-state index in [1.54, 1.807) is 0 Å². The van der Waals surface area contributed by atoms with Crippen molar-refractivity contribution in [2.75, 3.05) is 0 Å². The number of hydrogen-bond acceptors (Lipinski definition) is 1. The smallest absolute Gasteiger partial charge is 0.644 e. The summed E-state index contributed by atoms with van der Waals surface area (Å²) < 4.78 is 5.47. The van der Waals surface area contributed by atoms with Crippen LogP contribution in [0.4, 0.5) is 0 Å². The summed E-state index contributed by atoms with van der Waals surface area (Å²) in [6.45, 7) is 6.41. The topological polar surface area (TPSA) is 9.23 Å². The first-order chi connectivity index (χ1) is 6.08. The summed E-state index contributed by atoms with van der Waals surface area (Å²) in [6.07, 6.45) is 4.75. The van der Waals surface area contributed by atoms with Crippen LogP contribution in [-0.4, -0.2) is 8.32 Å². The third kappa shape index (κ3) is 6.09. The van der Waals surface area contributed by atoms with Gasteiger partial charge >= 0.3 is 18.9 Å². The van der Waals surface area contributed by atoms with Crippen LogP contribution in [0.15, 0.2) is 30.3 Å². The van der Waals surface area contributed by atoms with Gasteiger partial charge in [-0.15, -0.1) is 12.1 Å². The van der Waals surface area contributed by atoms with Crippen molar-refractivity contribution in [1.29, 1.82) is 0 Å². The monoisotopic (exact) mass is 198 g/mol. The fraction of sp³-hybridized carbons (Fsp3) is 0.273. The van der Waals surface area contributed by atoms with Crippen molar-refractivity contribution >= 4 is 14.4 Å². The molecule has 1 nitrogen and oxygen atoms in total. The van der Waals surface area contributed by atoms with Crippen LogP contribution < -0.4 is 18.9 Å². The van der Waals surface area contributed by atoms with Crippen LogP contribution in [0.2, 0.25) is 19.6 Å². The maximum absolute atomic E-state index is 5.47. The zero-order valence-electron chi connectivity index (χ0n) is 9.37. The minimum atomic E-state index is -1.45. The molecule has 1 rings (SSSR count). The summed E-state index contributed by atoms with van der Waals surface area (Å²) in [4.78, 5) is 0. The molecule has 0 aliphatic heterocycles. The number of hydrogen-bond donors (Lipinski definition) is 0. The molecule has 0 saturated carbocycles. The first kappa shape index (κ1) is 13.6. The standard InChI is InChI=1S/C11H15OSi.Li/c1-13(2,3)12-10-9-11-7-5-4-6-8-11;/h4-9H,1-3H3;/q-1;+1. The third-order valence-electron chi connectivity index (χ3n) is 1.39. The van der Waals surface area contributed by atoms with Gasteiger partial charge in [0.15, 0.2) is 0 Å². The summed E-state index contributed by atoms with van der Waals surface area (Å²) in [5.74, 6) is 0. The van der Waals surface area contributed by atoms with Gasteiger partial charge in [-0.1, -0.05) is 24.5 Å². The summed E-state index contributed by atoms with van der Waals surface area (Å²) >= 11 is 0.